The Morgan fingerprint density at radius 3 is 0.694 bits per heavy atom. The SMILES string of the molecule is CCCOCCOCCOCCOCCOCCOCCOCCOCCOCCOCCC(C)C. The van der Waals surface area contributed by atoms with Crippen LogP contribution < -0.4 is 0 Å². The Morgan fingerprint density at radius 1 is 0.306 bits per heavy atom. The van der Waals surface area contributed by atoms with E-state index in [1.807, 2.05) is 0 Å². The van der Waals surface area contributed by atoms with Crippen molar-refractivity contribution in [2.75, 3.05) is 132 Å². The summed E-state index contributed by atoms with van der Waals surface area (Å²) >= 11 is 0. The van der Waals surface area contributed by atoms with Crippen molar-refractivity contribution in [2.24, 2.45) is 5.92 Å². The van der Waals surface area contributed by atoms with Gasteiger partial charge in [0, 0.05) is 13.2 Å². The van der Waals surface area contributed by atoms with Gasteiger partial charge in [-0.25, -0.2) is 0 Å². The van der Waals surface area contributed by atoms with Gasteiger partial charge in [-0.15, -0.1) is 0 Å². The van der Waals surface area contributed by atoms with Crippen molar-refractivity contribution in [3.05, 3.63) is 0 Å². The standard InChI is InChI=1S/C26H54O10/c1-4-6-27-8-10-29-12-14-31-16-18-33-20-22-35-24-25-36-23-21-34-19-17-32-15-13-30-11-9-28-7-5-26(2)3/h26H,4-25H2,1-3H3. The van der Waals surface area contributed by atoms with Crippen molar-refractivity contribution >= 4 is 0 Å². The summed E-state index contributed by atoms with van der Waals surface area (Å²) in [6.07, 6.45) is 2.12. The van der Waals surface area contributed by atoms with E-state index in [2.05, 4.69) is 20.8 Å². The van der Waals surface area contributed by atoms with Crippen molar-refractivity contribution in [1.29, 1.82) is 0 Å². The molecule has 0 heterocycles. The van der Waals surface area contributed by atoms with Gasteiger partial charge in [0.1, 0.15) is 0 Å². The van der Waals surface area contributed by atoms with Crippen molar-refractivity contribution in [2.45, 2.75) is 33.6 Å². The molecule has 10 heteroatoms. The Kier molecular flexibility index (Phi) is 32.3. The van der Waals surface area contributed by atoms with Crippen LogP contribution in [0.5, 0.6) is 0 Å². The van der Waals surface area contributed by atoms with Crippen LogP contribution in [0.2, 0.25) is 0 Å². The second-order valence-electron chi connectivity index (χ2n) is 8.31. The lowest BCUT2D eigenvalue weighted by atomic mass is 10.1. The molecule has 218 valence electrons. The van der Waals surface area contributed by atoms with E-state index < -0.39 is 0 Å². The summed E-state index contributed by atoms with van der Waals surface area (Å²) in [6, 6.07) is 0. The second kappa shape index (κ2) is 32.6. The first-order valence-corrected chi connectivity index (χ1v) is 13.5. The van der Waals surface area contributed by atoms with Crippen LogP contribution in [0.1, 0.15) is 33.6 Å². The Hall–Kier alpha value is -0.400. The van der Waals surface area contributed by atoms with Gasteiger partial charge in [0.25, 0.3) is 0 Å². The minimum Gasteiger partial charge on any atom is -0.379 e. The first-order valence-electron chi connectivity index (χ1n) is 13.5. The van der Waals surface area contributed by atoms with Crippen LogP contribution in [0.3, 0.4) is 0 Å². The van der Waals surface area contributed by atoms with Gasteiger partial charge in [0.15, 0.2) is 0 Å². The van der Waals surface area contributed by atoms with Crippen molar-refractivity contribution in [3.8, 4) is 0 Å². The van der Waals surface area contributed by atoms with E-state index >= 15 is 0 Å². The molecule has 0 radical (unpaired) electrons. The lowest BCUT2D eigenvalue weighted by Gasteiger charge is -2.09. The fourth-order valence-electron chi connectivity index (χ4n) is 2.54. The third-order valence-corrected chi connectivity index (χ3v) is 4.54. The van der Waals surface area contributed by atoms with E-state index in [1.165, 1.54) is 0 Å². The molecular formula is C26H54O10. The van der Waals surface area contributed by atoms with Gasteiger partial charge in [-0.2, -0.15) is 0 Å². The number of rotatable bonds is 32. The Labute approximate surface area is 219 Å². The molecule has 0 saturated carbocycles. The van der Waals surface area contributed by atoms with Crippen LogP contribution in [-0.4, -0.2) is 132 Å². The van der Waals surface area contributed by atoms with Gasteiger partial charge in [-0.1, -0.05) is 20.8 Å². The molecule has 0 aliphatic carbocycles. The molecule has 0 spiro atoms. The number of hydrogen-bond donors (Lipinski definition) is 0. The molecule has 0 aromatic heterocycles. The summed E-state index contributed by atoms with van der Waals surface area (Å²) in [5.41, 5.74) is 0. The fourth-order valence-corrected chi connectivity index (χ4v) is 2.54. The third kappa shape index (κ3) is 33.6. The molecule has 0 aliphatic heterocycles. The van der Waals surface area contributed by atoms with Gasteiger partial charge in [-0.05, 0) is 18.8 Å². The van der Waals surface area contributed by atoms with E-state index in [1.54, 1.807) is 0 Å². The quantitative estimate of drug-likeness (QED) is 0.122. The van der Waals surface area contributed by atoms with E-state index in [0.717, 1.165) is 26.1 Å². The fraction of sp³-hybridized carbons (Fsp3) is 1.00. The summed E-state index contributed by atoms with van der Waals surface area (Å²) in [6.45, 7) is 18.2. The topological polar surface area (TPSA) is 92.3 Å². The molecule has 0 bridgehead atoms. The van der Waals surface area contributed by atoms with Crippen molar-refractivity contribution < 1.29 is 47.4 Å². The maximum atomic E-state index is 5.48. The maximum absolute atomic E-state index is 5.48. The van der Waals surface area contributed by atoms with Crippen molar-refractivity contribution in [1.82, 2.24) is 0 Å². The molecule has 0 N–H and O–H groups in total. The predicted molar refractivity (Wildman–Crippen MR) is 138 cm³/mol. The van der Waals surface area contributed by atoms with Gasteiger partial charge in [0.2, 0.25) is 0 Å². The summed E-state index contributed by atoms with van der Waals surface area (Å²) in [5, 5.41) is 0. The molecule has 0 aromatic rings. The molecule has 0 unspecified atom stereocenters. The molecule has 0 amide bonds. The summed E-state index contributed by atoms with van der Waals surface area (Å²) in [7, 11) is 0. The molecule has 0 aromatic carbocycles. The lowest BCUT2D eigenvalue weighted by molar-refractivity contribution is -0.0265. The Balaban J connectivity index is 3.01. The van der Waals surface area contributed by atoms with Gasteiger partial charge >= 0.3 is 0 Å². The van der Waals surface area contributed by atoms with E-state index in [9.17, 15) is 0 Å². The average Bonchev–Trinajstić information content (AvgIpc) is 2.87. The molecule has 0 fully saturated rings. The summed E-state index contributed by atoms with van der Waals surface area (Å²) in [4.78, 5) is 0. The first kappa shape index (κ1) is 35.6. The Bertz CT molecular complexity index is 388. The molecular weight excluding hydrogens is 472 g/mol. The minimum atomic E-state index is 0.533. The lowest BCUT2D eigenvalue weighted by Crippen LogP contribution is -2.15. The highest BCUT2D eigenvalue weighted by atomic mass is 16.6. The molecule has 0 saturated heterocycles. The minimum absolute atomic E-state index is 0.533. The molecule has 0 rings (SSSR count). The van der Waals surface area contributed by atoms with E-state index in [4.69, 9.17) is 47.4 Å². The number of ether oxygens (including phenoxy) is 10. The van der Waals surface area contributed by atoms with E-state index in [-0.39, 0.29) is 0 Å². The van der Waals surface area contributed by atoms with Crippen LogP contribution in [0.25, 0.3) is 0 Å². The van der Waals surface area contributed by atoms with Crippen LogP contribution in [0.4, 0.5) is 0 Å². The van der Waals surface area contributed by atoms with Crippen LogP contribution in [-0.2, 0) is 47.4 Å². The normalized spacial score (nSPS) is 11.7. The number of hydrogen-bond acceptors (Lipinski definition) is 10. The van der Waals surface area contributed by atoms with Crippen LogP contribution >= 0.6 is 0 Å². The van der Waals surface area contributed by atoms with Gasteiger partial charge in [0.05, 0.1) is 119 Å². The van der Waals surface area contributed by atoms with Crippen LogP contribution in [0.15, 0.2) is 0 Å². The highest BCUT2D eigenvalue weighted by Crippen LogP contribution is 1.98. The zero-order valence-electron chi connectivity index (χ0n) is 23.2. The maximum Gasteiger partial charge on any atom is 0.0701 e. The average molecular weight is 527 g/mol. The van der Waals surface area contributed by atoms with Gasteiger partial charge < -0.3 is 47.4 Å². The Morgan fingerprint density at radius 2 is 0.500 bits per heavy atom. The first-order chi connectivity index (χ1) is 17.8. The monoisotopic (exact) mass is 526 g/mol. The molecule has 36 heavy (non-hydrogen) atoms. The van der Waals surface area contributed by atoms with Crippen LogP contribution in [0, 0.1) is 5.92 Å². The second-order valence-corrected chi connectivity index (χ2v) is 8.31. The zero-order chi connectivity index (χ0) is 26.2. The predicted octanol–water partition coefficient (Wildman–Crippen LogP) is 2.61. The summed E-state index contributed by atoms with van der Waals surface area (Å²) < 4.78 is 54.4. The molecule has 0 aliphatic rings. The molecule has 10 nitrogen and oxygen atoms in total. The zero-order valence-corrected chi connectivity index (χ0v) is 23.2. The van der Waals surface area contributed by atoms with Crippen molar-refractivity contribution in [3.63, 3.8) is 0 Å². The third-order valence-electron chi connectivity index (χ3n) is 4.54. The highest BCUT2D eigenvalue weighted by molar-refractivity contribution is 4.43. The molecule has 0 atom stereocenters. The summed E-state index contributed by atoms with van der Waals surface area (Å²) in [5.74, 6) is 0.674. The largest absolute Gasteiger partial charge is 0.379 e. The van der Waals surface area contributed by atoms with Gasteiger partial charge in [-0.3, -0.25) is 0 Å². The van der Waals surface area contributed by atoms with E-state index in [0.29, 0.717) is 125 Å². The highest BCUT2D eigenvalue weighted by Gasteiger charge is 1.96. The smallest absolute Gasteiger partial charge is 0.0701 e.